The molecule has 0 spiro atoms. The molecule has 0 saturated carbocycles. The van der Waals surface area contributed by atoms with Crippen LogP contribution >= 0.6 is 15.9 Å². The largest absolute Gasteiger partial charge is 0.0955 e. The van der Waals surface area contributed by atoms with Gasteiger partial charge in [-0.3, -0.25) is 0 Å². The van der Waals surface area contributed by atoms with Crippen molar-refractivity contribution in [2.75, 3.05) is 0 Å². The number of hydrogen-bond donors (Lipinski definition) is 0. The zero-order chi connectivity index (χ0) is 10.8. The Bertz CT molecular complexity index is 336. The fraction of sp³-hybridized carbons (Fsp3) is 0.333. The van der Waals surface area contributed by atoms with Gasteiger partial charge in [0, 0.05) is 12.5 Å². The third-order valence-corrected chi connectivity index (χ3v) is 4.18. The summed E-state index contributed by atoms with van der Waals surface area (Å²) in [6, 6.07) is 9.47. The van der Waals surface area contributed by atoms with Gasteiger partial charge in [-0.15, -0.1) is 0 Å². The lowest BCUT2D eigenvalue weighted by Gasteiger charge is -2.18. The van der Waals surface area contributed by atoms with Crippen molar-refractivity contribution >= 4 is 29.6 Å². The predicted octanol–water partition coefficient (Wildman–Crippen LogP) is 4.80. The van der Waals surface area contributed by atoms with Gasteiger partial charge in [-0.2, -0.15) is 0 Å². The van der Waals surface area contributed by atoms with Crippen molar-refractivity contribution in [3.05, 3.63) is 40.9 Å². The molecule has 0 fully saturated rings. The summed E-state index contributed by atoms with van der Waals surface area (Å²) < 4.78 is 1.16. The minimum Gasteiger partial charge on any atom is -0.0955 e. The standard InChI is InChI=1S/C12H17BrSi/c1-10(9-14(2,3)4)11-7-5-6-8-12(11)13/h5-8H,1,9H2,2-4H3. The second-order valence-corrected chi connectivity index (χ2v) is 11.2. The fourth-order valence-corrected chi connectivity index (χ4v) is 3.52. The van der Waals surface area contributed by atoms with Gasteiger partial charge in [0.2, 0.25) is 0 Å². The first kappa shape index (κ1) is 11.7. The van der Waals surface area contributed by atoms with Crippen LogP contribution in [-0.4, -0.2) is 8.07 Å². The summed E-state index contributed by atoms with van der Waals surface area (Å²) in [5, 5.41) is 0. The maximum absolute atomic E-state index is 4.18. The van der Waals surface area contributed by atoms with Crippen molar-refractivity contribution in [3.63, 3.8) is 0 Å². The normalized spacial score (nSPS) is 11.4. The molecule has 0 bridgehead atoms. The quantitative estimate of drug-likeness (QED) is 0.691. The van der Waals surface area contributed by atoms with E-state index in [0.29, 0.717) is 0 Å². The topological polar surface area (TPSA) is 0 Å². The molecule has 0 radical (unpaired) electrons. The van der Waals surface area contributed by atoms with Crippen molar-refractivity contribution in [2.24, 2.45) is 0 Å². The van der Waals surface area contributed by atoms with Crippen LogP contribution in [0.3, 0.4) is 0 Å². The van der Waals surface area contributed by atoms with E-state index >= 15 is 0 Å². The summed E-state index contributed by atoms with van der Waals surface area (Å²) in [4.78, 5) is 0. The Morgan fingerprint density at radius 2 is 1.86 bits per heavy atom. The first-order valence-electron chi connectivity index (χ1n) is 4.83. The van der Waals surface area contributed by atoms with Crippen molar-refractivity contribution in [1.29, 1.82) is 0 Å². The van der Waals surface area contributed by atoms with Crippen LogP contribution < -0.4 is 0 Å². The minimum atomic E-state index is -1.05. The van der Waals surface area contributed by atoms with Gasteiger partial charge in [-0.05, 0) is 23.2 Å². The van der Waals surface area contributed by atoms with Crippen molar-refractivity contribution in [2.45, 2.75) is 25.7 Å². The molecule has 0 unspecified atom stereocenters. The Hall–Kier alpha value is -0.343. The molecule has 0 nitrogen and oxygen atoms in total. The molecule has 0 amide bonds. The highest BCUT2D eigenvalue weighted by Gasteiger charge is 2.16. The predicted molar refractivity (Wildman–Crippen MR) is 71.3 cm³/mol. The maximum Gasteiger partial charge on any atom is 0.0487 e. The van der Waals surface area contributed by atoms with Crippen LogP contribution in [-0.2, 0) is 0 Å². The number of allylic oxidation sites excluding steroid dienone is 1. The molecule has 0 aromatic heterocycles. The zero-order valence-corrected chi connectivity index (χ0v) is 11.7. The zero-order valence-electron chi connectivity index (χ0n) is 9.10. The van der Waals surface area contributed by atoms with E-state index in [4.69, 9.17) is 0 Å². The molecule has 0 heterocycles. The highest BCUT2D eigenvalue weighted by atomic mass is 79.9. The first-order chi connectivity index (χ1) is 6.40. The number of hydrogen-bond acceptors (Lipinski definition) is 0. The number of halogens is 1. The highest BCUT2D eigenvalue weighted by Crippen LogP contribution is 2.29. The third-order valence-electron chi connectivity index (χ3n) is 2.00. The van der Waals surface area contributed by atoms with E-state index in [1.165, 1.54) is 11.1 Å². The summed E-state index contributed by atoms with van der Waals surface area (Å²) >= 11 is 3.56. The van der Waals surface area contributed by atoms with Gasteiger partial charge in [-0.25, -0.2) is 0 Å². The number of benzene rings is 1. The molecule has 0 N–H and O–H groups in total. The summed E-state index contributed by atoms with van der Waals surface area (Å²) in [5.74, 6) is 0. The summed E-state index contributed by atoms with van der Waals surface area (Å²) in [5.41, 5.74) is 2.52. The lowest BCUT2D eigenvalue weighted by Crippen LogP contribution is -2.19. The van der Waals surface area contributed by atoms with Crippen LogP contribution in [0.25, 0.3) is 5.57 Å². The maximum atomic E-state index is 4.18. The molecular weight excluding hydrogens is 252 g/mol. The third kappa shape index (κ3) is 3.43. The van der Waals surface area contributed by atoms with Gasteiger partial charge in [-0.1, -0.05) is 60.3 Å². The summed E-state index contributed by atoms with van der Waals surface area (Å²) in [7, 11) is -1.05. The lowest BCUT2D eigenvalue weighted by molar-refractivity contribution is 1.47. The van der Waals surface area contributed by atoms with E-state index in [9.17, 15) is 0 Å². The molecule has 76 valence electrons. The Balaban J connectivity index is 2.86. The summed E-state index contributed by atoms with van der Waals surface area (Å²) in [6.07, 6.45) is 0. The van der Waals surface area contributed by atoms with Gasteiger partial charge < -0.3 is 0 Å². The average molecular weight is 269 g/mol. The van der Waals surface area contributed by atoms with E-state index in [-0.39, 0.29) is 0 Å². The van der Waals surface area contributed by atoms with Gasteiger partial charge in [0.05, 0.1) is 0 Å². The molecule has 0 atom stereocenters. The van der Waals surface area contributed by atoms with E-state index < -0.39 is 8.07 Å². The minimum absolute atomic E-state index is 1.05. The van der Waals surface area contributed by atoms with Crippen LogP contribution in [0.1, 0.15) is 5.56 Å². The SMILES string of the molecule is C=C(C[Si](C)(C)C)c1ccccc1Br. The molecule has 0 aliphatic carbocycles. The van der Waals surface area contributed by atoms with E-state index in [0.717, 1.165) is 10.5 Å². The molecule has 0 aliphatic heterocycles. The van der Waals surface area contributed by atoms with E-state index in [1.54, 1.807) is 0 Å². The van der Waals surface area contributed by atoms with Crippen LogP contribution in [0.15, 0.2) is 35.3 Å². The Morgan fingerprint density at radius 3 is 2.36 bits per heavy atom. The van der Waals surface area contributed by atoms with Gasteiger partial charge in [0.25, 0.3) is 0 Å². The van der Waals surface area contributed by atoms with Crippen molar-refractivity contribution < 1.29 is 0 Å². The molecular formula is C12H17BrSi. The van der Waals surface area contributed by atoms with E-state index in [2.05, 4.69) is 60.3 Å². The second kappa shape index (κ2) is 4.45. The Labute approximate surface area is 96.2 Å². The van der Waals surface area contributed by atoms with Crippen molar-refractivity contribution in [1.82, 2.24) is 0 Å². The smallest absolute Gasteiger partial charge is 0.0487 e. The summed E-state index contributed by atoms with van der Waals surface area (Å²) in [6.45, 7) is 11.3. The molecule has 0 saturated heterocycles. The Morgan fingerprint density at radius 1 is 1.29 bits per heavy atom. The Kier molecular flexibility index (Phi) is 3.73. The average Bonchev–Trinajstić information content (AvgIpc) is 2.01. The fourth-order valence-electron chi connectivity index (χ4n) is 1.48. The van der Waals surface area contributed by atoms with Crippen LogP contribution in [0.2, 0.25) is 25.7 Å². The van der Waals surface area contributed by atoms with Crippen LogP contribution in [0, 0.1) is 0 Å². The van der Waals surface area contributed by atoms with Crippen LogP contribution in [0.5, 0.6) is 0 Å². The van der Waals surface area contributed by atoms with Crippen molar-refractivity contribution in [3.8, 4) is 0 Å². The molecule has 1 rings (SSSR count). The molecule has 14 heavy (non-hydrogen) atoms. The van der Waals surface area contributed by atoms with Gasteiger partial charge >= 0.3 is 0 Å². The highest BCUT2D eigenvalue weighted by molar-refractivity contribution is 9.10. The molecule has 2 heteroatoms. The first-order valence-corrected chi connectivity index (χ1v) is 9.33. The second-order valence-electron chi connectivity index (χ2n) is 4.82. The monoisotopic (exact) mass is 268 g/mol. The molecule has 1 aromatic carbocycles. The number of rotatable bonds is 3. The lowest BCUT2D eigenvalue weighted by atomic mass is 10.1. The molecule has 0 aliphatic rings. The molecule has 1 aromatic rings. The van der Waals surface area contributed by atoms with Gasteiger partial charge in [0.15, 0.2) is 0 Å². The van der Waals surface area contributed by atoms with Crippen LogP contribution in [0.4, 0.5) is 0 Å². The van der Waals surface area contributed by atoms with Gasteiger partial charge in [0.1, 0.15) is 0 Å². The van der Waals surface area contributed by atoms with E-state index in [1.807, 2.05) is 6.07 Å².